The number of hydrogen-bond donors (Lipinski definition) is 1. The summed E-state index contributed by atoms with van der Waals surface area (Å²) in [5.41, 5.74) is 0. The Morgan fingerprint density at radius 1 is 1.50 bits per heavy atom. The highest BCUT2D eigenvalue weighted by Crippen LogP contribution is 1.92. The molecule has 0 unspecified atom stereocenters. The summed E-state index contributed by atoms with van der Waals surface area (Å²) in [5.74, 6) is 0. The Bertz CT molecular complexity index is 66.1. The Morgan fingerprint density at radius 3 is 2.50 bits per heavy atom. The van der Waals surface area contributed by atoms with Crippen molar-refractivity contribution in [2.45, 2.75) is 0 Å². The molecule has 1 aliphatic heterocycles. The molecule has 0 aromatic carbocycles. The van der Waals surface area contributed by atoms with E-state index in [-0.39, 0.29) is 0 Å². The summed E-state index contributed by atoms with van der Waals surface area (Å²) in [5, 5.41) is 7.60. The predicted molar refractivity (Wildman–Crippen MR) is 33.3 cm³/mol. The van der Waals surface area contributed by atoms with Crippen LogP contribution in [0.4, 0.5) is 0 Å². The Morgan fingerprint density at radius 2 is 2.25 bits per heavy atom. The molecule has 3 heteroatoms. The quantitative estimate of drug-likeness (QED) is 0.489. The van der Waals surface area contributed by atoms with Gasteiger partial charge < -0.3 is 5.32 Å². The van der Waals surface area contributed by atoms with Crippen molar-refractivity contribution in [2.24, 2.45) is 0 Å². The first-order valence-electron chi connectivity index (χ1n) is 2.93. The summed E-state index contributed by atoms with van der Waals surface area (Å²) in [6, 6.07) is 0. The second kappa shape index (κ2) is 2.44. The van der Waals surface area contributed by atoms with E-state index in [4.69, 9.17) is 0 Å². The van der Waals surface area contributed by atoms with Gasteiger partial charge in [0.25, 0.3) is 0 Å². The van der Waals surface area contributed by atoms with E-state index in [9.17, 15) is 0 Å². The van der Waals surface area contributed by atoms with Crippen molar-refractivity contribution in [1.29, 1.82) is 0 Å². The van der Waals surface area contributed by atoms with Crippen molar-refractivity contribution in [1.82, 2.24) is 15.3 Å². The van der Waals surface area contributed by atoms with Gasteiger partial charge in [-0.1, -0.05) is 0 Å². The van der Waals surface area contributed by atoms with Crippen LogP contribution in [0.5, 0.6) is 0 Å². The van der Waals surface area contributed by atoms with Crippen molar-refractivity contribution in [3.63, 3.8) is 0 Å². The maximum Gasteiger partial charge on any atom is 0.0624 e. The van der Waals surface area contributed by atoms with Crippen molar-refractivity contribution in [3.05, 3.63) is 0 Å². The molecule has 0 amide bonds. The van der Waals surface area contributed by atoms with Crippen molar-refractivity contribution in [3.8, 4) is 0 Å². The van der Waals surface area contributed by atoms with Crippen LogP contribution in [0.3, 0.4) is 0 Å². The van der Waals surface area contributed by atoms with Gasteiger partial charge in [-0.3, -0.25) is 0 Å². The highest BCUT2D eigenvalue weighted by molar-refractivity contribution is 4.60. The average molecular weight is 115 g/mol. The van der Waals surface area contributed by atoms with Gasteiger partial charge in [0.2, 0.25) is 0 Å². The molecule has 0 aromatic heterocycles. The van der Waals surface area contributed by atoms with Crippen LogP contribution in [-0.4, -0.2) is 43.9 Å². The highest BCUT2D eigenvalue weighted by atomic mass is 15.6. The number of hydrazine groups is 1. The molecule has 0 aromatic rings. The lowest BCUT2D eigenvalue weighted by Crippen LogP contribution is -2.35. The molecular weight excluding hydrogens is 102 g/mol. The standard InChI is InChI=1S/C5H13N3/c1-7(2)8-4-3-6-5-8/h6H,3-5H2,1-2H3. The van der Waals surface area contributed by atoms with Crippen molar-refractivity contribution in [2.75, 3.05) is 33.9 Å². The fourth-order valence-electron chi connectivity index (χ4n) is 0.837. The lowest BCUT2D eigenvalue weighted by atomic mass is 10.7. The summed E-state index contributed by atoms with van der Waals surface area (Å²) < 4.78 is 0. The highest BCUT2D eigenvalue weighted by Gasteiger charge is 2.10. The van der Waals surface area contributed by atoms with E-state index in [0.717, 1.165) is 19.8 Å². The molecule has 0 bridgehead atoms. The smallest absolute Gasteiger partial charge is 0.0624 e. The van der Waals surface area contributed by atoms with Crippen LogP contribution in [-0.2, 0) is 0 Å². The van der Waals surface area contributed by atoms with Gasteiger partial charge in [-0.15, -0.1) is 0 Å². The number of nitrogens with zero attached hydrogens (tertiary/aromatic N) is 2. The maximum absolute atomic E-state index is 3.24. The van der Waals surface area contributed by atoms with Gasteiger partial charge in [0.1, 0.15) is 0 Å². The fourth-order valence-corrected chi connectivity index (χ4v) is 0.837. The Balaban J connectivity index is 2.24. The average Bonchev–Trinajstić information content (AvgIpc) is 2.12. The molecule has 1 rings (SSSR count). The second-order valence-corrected chi connectivity index (χ2v) is 2.24. The minimum atomic E-state index is 1.01. The fraction of sp³-hybridized carbons (Fsp3) is 1.00. The lowest BCUT2D eigenvalue weighted by Gasteiger charge is -2.21. The summed E-state index contributed by atoms with van der Waals surface area (Å²) >= 11 is 0. The Labute approximate surface area is 50.2 Å². The minimum absolute atomic E-state index is 1.01. The number of hydrogen-bond acceptors (Lipinski definition) is 3. The van der Waals surface area contributed by atoms with Gasteiger partial charge in [0, 0.05) is 27.2 Å². The third kappa shape index (κ3) is 1.18. The van der Waals surface area contributed by atoms with Crippen LogP contribution in [0.2, 0.25) is 0 Å². The van der Waals surface area contributed by atoms with E-state index in [1.807, 2.05) is 0 Å². The van der Waals surface area contributed by atoms with Crippen LogP contribution in [0.1, 0.15) is 0 Å². The largest absolute Gasteiger partial charge is 0.302 e. The first kappa shape index (κ1) is 6.01. The summed E-state index contributed by atoms with van der Waals surface area (Å²) in [6.07, 6.45) is 0. The first-order chi connectivity index (χ1) is 3.80. The third-order valence-corrected chi connectivity index (χ3v) is 1.41. The third-order valence-electron chi connectivity index (χ3n) is 1.41. The molecule has 1 heterocycles. The van der Waals surface area contributed by atoms with Crippen LogP contribution >= 0.6 is 0 Å². The molecule has 48 valence electrons. The van der Waals surface area contributed by atoms with E-state index in [2.05, 4.69) is 29.4 Å². The predicted octanol–water partition coefficient (Wildman–Crippen LogP) is -0.674. The summed E-state index contributed by atoms with van der Waals surface area (Å²) in [6.45, 7) is 3.28. The van der Waals surface area contributed by atoms with Crippen LogP contribution in [0.25, 0.3) is 0 Å². The van der Waals surface area contributed by atoms with Crippen LogP contribution < -0.4 is 5.32 Å². The molecule has 1 aliphatic rings. The van der Waals surface area contributed by atoms with E-state index in [1.54, 1.807) is 0 Å². The summed E-state index contributed by atoms with van der Waals surface area (Å²) in [7, 11) is 4.12. The minimum Gasteiger partial charge on any atom is -0.302 e. The molecule has 3 nitrogen and oxygen atoms in total. The molecule has 0 aliphatic carbocycles. The van der Waals surface area contributed by atoms with E-state index in [0.29, 0.717) is 0 Å². The second-order valence-electron chi connectivity index (χ2n) is 2.24. The molecule has 1 N–H and O–H groups in total. The van der Waals surface area contributed by atoms with Gasteiger partial charge in [0.15, 0.2) is 0 Å². The monoisotopic (exact) mass is 115 g/mol. The molecule has 0 radical (unpaired) electrons. The van der Waals surface area contributed by atoms with Crippen LogP contribution in [0, 0.1) is 0 Å². The van der Waals surface area contributed by atoms with Gasteiger partial charge in [0.05, 0.1) is 6.67 Å². The Kier molecular flexibility index (Phi) is 1.83. The van der Waals surface area contributed by atoms with E-state index >= 15 is 0 Å². The van der Waals surface area contributed by atoms with Crippen molar-refractivity contribution >= 4 is 0 Å². The normalized spacial score (nSPS) is 22.9. The van der Waals surface area contributed by atoms with Crippen LogP contribution in [0.15, 0.2) is 0 Å². The first-order valence-corrected chi connectivity index (χ1v) is 2.93. The molecule has 1 fully saturated rings. The molecule has 0 saturated carbocycles. The molecule has 1 saturated heterocycles. The maximum atomic E-state index is 3.24. The van der Waals surface area contributed by atoms with E-state index in [1.165, 1.54) is 0 Å². The van der Waals surface area contributed by atoms with Gasteiger partial charge >= 0.3 is 0 Å². The van der Waals surface area contributed by atoms with Crippen molar-refractivity contribution < 1.29 is 0 Å². The van der Waals surface area contributed by atoms with Gasteiger partial charge in [-0.2, -0.15) is 0 Å². The topological polar surface area (TPSA) is 18.5 Å². The number of rotatable bonds is 1. The zero-order valence-corrected chi connectivity index (χ0v) is 5.52. The molecule has 0 spiro atoms. The lowest BCUT2D eigenvalue weighted by molar-refractivity contribution is 0.0524. The zero-order chi connectivity index (χ0) is 5.98. The Hall–Kier alpha value is -0.120. The van der Waals surface area contributed by atoms with Gasteiger partial charge in [-0.05, 0) is 0 Å². The zero-order valence-electron chi connectivity index (χ0n) is 5.52. The van der Waals surface area contributed by atoms with Gasteiger partial charge in [-0.25, -0.2) is 10.0 Å². The summed E-state index contributed by atoms with van der Waals surface area (Å²) in [4.78, 5) is 0. The molecule has 8 heavy (non-hydrogen) atoms. The van der Waals surface area contributed by atoms with E-state index < -0.39 is 0 Å². The molecule has 0 atom stereocenters. The SMILES string of the molecule is CN(C)N1CCNC1. The molecular formula is C5H13N3. The number of nitrogens with one attached hydrogen (secondary N) is 1.